The Labute approximate surface area is 168 Å². The van der Waals surface area contributed by atoms with Gasteiger partial charge in [0.25, 0.3) is 0 Å². The van der Waals surface area contributed by atoms with E-state index in [1.54, 1.807) is 19.1 Å². The van der Waals surface area contributed by atoms with Crippen LogP contribution in [0.2, 0.25) is 5.02 Å². The molecule has 6 nitrogen and oxygen atoms in total. The molecule has 2 amide bonds. The number of primary amides is 1. The Morgan fingerprint density at radius 2 is 1.89 bits per heavy atom. The minimum atomic E-state index is -0.674. The zero-order chi connectivity index (χ0) is 20.4. The molecule has 0 fully saturated rings. The molecule has 0 radical (unpaired) electrons. The molecule has 0 atom stereocenters. The van der Waals surface area contributed by atoms with Crippen LogP contribution in [0.1, 0.15) is 15.2 Å². The fraction of sp³-hybridized carbons (Fsp3) is 0.105. The number of nitrogens with zero attached hydrogens (tertiary/aromatic N) is 1. The first-order chi connectivity index (χ1) is 13.3. The number of halogens is 2. The molecule has 0 aliphatic heterocycles. The van der Waals surface area contributed by atoms with Gasteiger partial charge in [-0.2, -0.15) is 0 Å². The molecule has 3 aromatic rings. The molecule has 2 aromatic carbocycles. The zero-order valence-corrected chi connectivity index (χ0v) is 16.2. The van der Waals surface area contributed by atoms with E-state index < -0.39 is 11.8 Å². The number of amides is 2. The molecule has 0 bridgehead atoms. The normalized spacial score (nSPS) is 10.7. The average molecular weight is 420 g/mol. The number of thiazole rings is 1. The molecule has 1 heterocycles. The van der Waals surface area contributed by atoms with E-state index in [0.29, 0.717) is 16.9 Å². The number of nitrogens with one attached hydrogen (secondary N) is 1. The quantitative estimate of drug-likeness (QED) is 0.663. The fourth-order valence-electron chi connectivity index (χ4n) is 2.76. The second kappa shape index (κ2) is 7.95. The van der Waals surface area contributed by atoms with Gasteiger partial charge in [-0.25, -0.2) is 4.39 Å². The first-order valence-electron chi connectivity index (χ1n) is 8.11. The van der Waals surface area contributed by atoms with Crippen molar-refractivity contribution in [2.45, 2.75) is 13.5 Å². The fourth-order valence-corrected chi connectivity index (χ4v) is 3.89. The summed E-state index contributed by atoms with van der Waals surface area (Å²) in [6, 6.07) is 10.0. The first kappa shape index (κ1) is 19.8. The SMILES string of the molecule is Cc1sc(=O)n(CC(=O)Nc2ccc(C(N)=O)c(Cl)c2)c1-c1ccc(F)cc1. The lowest BCUT2D eigenvalue weighted by molar-refractivity contribution is -0.116. The number of aryl methyl sites for hydroxylation is 1. The Hall–Kier alpha value is -2.97. The van der Waals surface area contributed by atoms with Crippen molar-refractivity contribution in [2.75, 3.05) is 5.32 Å². The van der Waals surface area contributed by atoms with Gasteiger partial charge < -0.3 is 11.1 Å². The Morgan fingerprint density at radius 1 is 1.21 bits per heavy atom. The number of aromatic nitrogens is 1. The number of carbonyl (C=O) groups is 2. The Kier molecular flexibility index (Phi) is 5.62. The summed E-state index contributed by atoms with van der Waals surface area (Å²) in [5.41, 5.74) is 6.90. The predicted molar refractivity (Wildman–Crippen MR) is 107 cm³/mol. The number of rotatable bonds is 5. The summed E-state index contributed by atoms with van der Waals surface area (Å²) < 4.78 is 14.5. The monoisotopic (exact) mass is 419 g/mol. The van der Waals surface area contributed by atoms with Crippen LogP contribution in [0.4, 0.5) is 10.1 Å². The number of anilines is 1. The van der Waals surface area contributed by atoms with Crippen LogP contribution in [-0.4, -0.2) is 16.4 Å². The van der Waals surface area contributed by atoms with Crippen molar-refractivity contribution in [1.82, 2.24) is 4.57 Å². The highest BCUT2D eigenvalue weighted by molar-refractivity contribution is 7.09. The topological polar surface area (TPSA) is 94.2 Å². The second-order valence-electron chi connectivity index (χ2n) is 5.97. The second-order valence-corrected chi connectivity index (χ2v) is 7.55. The van der Waals surface area contributed by atoms with E-state index in [2.05, 4.69) is 5.32 Å². The molecule has 0 aliphatic rings. The maximum Gasteiger partial charge on any atom is 0.308 e. The summed E-state index contributed by atoms with van der Waals surface area (Å²) in [5.74, 6) is -1.52. The van der Waals surface area contributed by atoms with Crippen LogP contribution in [0, 0.1) is 12.7 Å². The first-order valence-corrected chi connectivity index (χ1v) is 9.31. The van der Waals surface area contributed by atoms with Crippen molar-refractivity contribution in [2.24, 2.45) is 5.73 Å². The van der Waals surface area contributed by atoms with Gasteiger partial charge in [0.1, 0.15) is 12.4 Å². The molecule has 144 valence electrons. The van der Waals surface area contributed by atoms with Gasteiger partial charge in [0, 0.05) is 10.6 Å². The highest BCUT2D eigenvalue weighted by Gasteiger charge is 2.17. The minimum absolute atomic E-state index is 0.112. The molecular weight excluding hydrogens is 405 g/mol. The number of nitrogens with two attached hydrogens (primary N) is 1. The Bertz CT molecular complexity index is 1120. The standard InChI is InChI=1S/C19H15ClFN3O3S/c1-10-17(11-2-4-12(21)5-3-11)24(19(27)28-10)9-16(25)23-13-6-7-14(18(22)26)15(20)8-13/h2-8H,9H2,1H3,(H2,22,26)(H,23,25). The van der Waals surface area contributed by atoms with Crippen molar-refractivity contribution < 1.29 is 14.0 Å². The summed E-state index contributed by atoms with van der Waals surface area (Å²) in [6.45, 7) is 1.53. The molecule has 9 heteroatoms. The molecule has 0 spiro atoms. The van der Waals surface area contributed by atoms with Gasteiger partial charge in [0.15, 0.2) is 0 Å². The molecule has 3 N–H and O–H groups in total. The van der Waals surface area contributed by atoms with Crippen LogP contribution in [0.5, 0.6) is 0 Å². The van der Waals surface area contributed by atoms with Crippen LogP contribution in [0.3, 0.4) is 0 Å². The lowest BCUT2D eigenvalue weighted by Gasteiger charge is -2.11. The van der Waals surface area contributed by atoms with Gasteiger partial charge in [-0.15, -0.1) is 0 Å². The predicted octanol–water partition coefficient (Wildman–Crippen LogP) is 3.42. The molecule has 0 unspecified atom stereocenters. The number of carbonyl (C=O) groups excluding carboxylic acids is 2. The van der Waals surface area contributed by atoms with E-state index in [-0.39, 0.29) is 27.8 Å². The molecular formula is C19H15ClFN3O3S. The lowest BCUT2D eigenvalue weighted by Crippen LogP contribution is -2.25. The van der Waals surface area contributed by atoms with Gasteiger partial charge >= 0.3 is 4.87 Å². The third kappa shape index (κ3) is 4.13. The molecule has 0 aliphatic carbocycles. The number of hydrogen-bond donors (Lipinski definition) is 2. The van der Waals surface area contributed by atoms with Gasteiger partial charge in [-0.1, -0.05) is 22.9 Å². The van der Waals surface area contributed by atoms with Crippen molar-refractivity contribution in [3.63, 3.8) is 0 Å². The maximum atomic E-state index is 13.2. The van der Waals surface area contributed by atoms with E-state index in [0.717, 1.165) is 16.2 Å². The third-order valence-electron chi connectivity index (χ3n) is 4.00. The molecule has 28 heavy (non-hydrogen) atoms. The maximum absolute atomic E-state index is 13.2. The summed E-state index contributed by atoms with van der Waals surface area (Å²) in [7, 11) is 0. The zero-order valence-electron chi connectivity index (χ0n) is 14.7. The summed E-state index contributed by atoms with van der Waals surface area (Å²) in [4.78, 5) is 36.4. The molecule has 0 saturated carbocycles. The summed E-state index contributed by atoms with van der Waals surface area (Å²) >= 11 is 6.99. The van der Waals surface area contributed by atoms with Crippen molar-refractivity contribution in [3.05, 3.63) is 73.4 Å². The number of benzene rings is 2. The summed E-state index contributed by atoms with van der Waals surface area (Å²) in [5, 5.41) is 2.74. The highest BCUT2D eigenvalue weighted by Crippen LogP contribution is 2.26. The van der Waals surface area contributed by atoms with Crippen LogP contribution in [-0.2, 0) is 11.3 Å². The minimum Gasteiger partial charge on any atom is -0.366 e. The van der Waals surface area contributed by atoms with E-state index in [4.69, 9.17) is 17.3 Å². The highest BCUT2D eigenvalue weighted by atomic mass is 35.5. The van der Waals surface area contributed by atoms with E-state index in [1.807, 2.05) is 0 Å². The van der Waals surface area contributed by atoms with E-state index >= 15 is 0 Å². The largest absolute Gasteiger partial charge is 0.366 e. The van der Waals surface area contributed by atoms with Crippen LogP contribution in [0.25, 0.3) is 11.3 Å². The van der Waals surface area contributed by atoms with E-state index in [9.17, 15) is 18.8 Å². The Balaban J connectivity index is 1.85. The van der Waals surface area contributed by atoms with Crippen LogP contribution < -0.4 is 15.9 Å². The summed E-state index contributed by atoms with van der Waals surface area (Å²) in [6.07, 6.45) is 0. The van der Waals surface area contributed by atoms with Crippen molar-refractivity contribution in [3.8, 4) is 11.3 Å². The molecule has 1 aromatic heterocycles. The lowest BCUT2D eigenvalue weighted by atomic mass is 10.1. The van der Waals surface area contributed by atoms with Gasteiger partial charge in [0.05, 0.1) is 16.3 Å². The molecule has 3 rings (SSSR count). The smallest absolute Gasteiger partial charge is 0.308 e. The van der Waals surface area contributed by atoms with Gasteiger partial charge in [-0.05, 0) is 55.0 Å². The molecule has 0 saturated heterocycles. The van der Waals surface area contributed by atoms with Gasteiger partial charge in [0.2, 0.25) is 11.8 Å². The van der Waals surface area contributed by atoms with Crippen LogP contribution >= 0.6 is 22.9 Å². The van der Waals surface area contributed by atoms with Crippen LogP contribution in [0.15, 0.2) is 47.3 Å². The Morgan fingerprint density at radius 3 is 2.50 bits per heavy atom. The average Bonchev–Trinajstić information content (AvgIpc) is 2.89. The third-order valence-corrected chi connectivity index (χ3v) is 5.21. The van der Waals surface area contributed by atoms with Gasteiger partial charge in [-0.3, -0.25) is 19.0 Å². The number of hydrogen-bond acceptors (Lipinski definition) is 4. The van der Waals surface area contributed by atoms with Crippen molar-refractivity contribution >= 4 is 40.4 Å². The van der Waals surface area contributed by atoms with E-state index in [1.165, 1.54) is 34.9 Å². The van der Waals surface area contributed by atoms with Crippen molar-refractivity contribution in [1.29, 1.82) is 0 Å².